The van der Waals surface area contributed by atoms with Crippen LogP contribution in [0.5, 0.6) is 0 Å². The van der Waals surface area contributed by atoms with Crippen molar-refractivity contribution in [1.82, 2.24) is 5.32 Å². The Bertz CT molecular complexity index is 183. The summed E-state index contributed by atoms with van der Waals surface area (Å²) in [7, 11) is 0. The number of carbonyl (C=O) groups is 1. The number of amides is 1. The highest BCUT2D eigenvalue weighted by molar-refractivity contribution is 5.81. The van der Waals surface area contributed by atoms with E-state index in [-0.39, 0.29) is 12.5 Å². The molecule has 0 aliphatic rings. The fraction of sp³-hybridized carbons (Fsp3) is 0.909. The molecule has 4 nitrogen and oxygen atoms in total. The van der Waals surface area contributed by atoms with Crippen LogP contribution in [-0.2, 0) is 4.79 Å². The van der Waals surface area contributed by atoms with E-state index in [0.29, 0.717) is 31.2 Å². The van der Waals surface area contributed by atoms with Crippen molar-refractivity contribution in [2.75, 3.05) is 13.2 Å². The minimum atomic E-state index is -0.411. The molecule has 0 heterocycles. The van der Waals surface area contributed by atoms with Crippen LogP contribution in [0.1, 0.15) is 33.6 Å². The average molecular weight is 216 g/mol. The molecular formula is C11H24N2O2. The van der Waals surface area contributed by atoms with Gasteiger partial charge in [-0.3, -0.25) is 4.79 Å². The third kappa shape index (κ3) is 7.33. The standard InChI is InChI=1S/C11H24N2O2/c1-8(2)6-10(12)11(15)13-7-9(3)4-5-14/h8-10,14H,4-7,12H2,1-3H3,(H,13,15)/t9?,10-/m1/s1. The number of hydrogen-bond donors (Lipinski definition) is 3. The number of nitrogens with two attached hydrogens (primary N) is 1. The lowest BCUT2D eigenvalue weighted by Gasteiger charge is -2.16. The van der Waals surface area contributed by atoms with E-state index in [9.17, 15) is 4.79 Å². The van der Waals surface area contributed by atoms with E-state index >= 15 is 0 Å². The Balaban J connectivity index is 3.72. The zero-order valence-electron chi connectivity index (χ0n) is 9.99. The van der Waals surface area contributed by atoms with Crippen molar-refractivity contribution in [3.8, 4) is 0 Å². The molecule has 0 aliphatic heterocycles. The largest absolute Gasteiger partial charge is 0.396 e. The van der Waals surface area contributed by atoms with Gasteiger partial charge in [-0.05, 0) is 24.7 Å². The second-order valence-electron chi connectivity index (χ2n) is 4.60. The summed E-state index contributed by atoms with van der Waals surface area (Å²) in [5.74, 6) is 0.638. The second kappa shape index (κ2) is 7.65. The number of hydrogen-bond acceptors (Lipinski definition) is 3. The Morgan fingerprint density at radius 3 is 2.47 bits per heavy atom. The molecule has 4 N–H and O–H groups in total. The normalized spacial score (nSPS) is 15.1. The Morgan fingerprint density at radius 1 is 1.40 bits per heavy atom. The van der Waals surface area contributed by atoms with Crippen molar-refractivity contribution in [1.29, 1.82) is 0 Å². The lowest BCUT2D eigenvalue weighted by molar-refractivity contribution is -0.122. The molecular weight excluding hydrogens is 192 g/mol. The third-order valence-electron chi connectivity index (χ3n) is 2.31. The Kier molecular flexibility index (Phi) is 7.34. The van der Waals surface area contributed by atoms with Gasteiger partial charge in [0.05, 0.1) is 6.04 Å². The van der Waals surface area contributed by atoms with Crippen LogP contribution in [0.3, 0.4) is 0 Å². The summed E-state index contributed by atoms with van der Waals surface area (Å²) < 4.78 is 0. The lowest BCUT2D eigenvalue weighted by atomic mass is 10.0. The fourth-order valence-corrected chi connectivity index (χ4v) is 1.34. The van der Waals surface area contributed by atoms with E-state index in [2.05, 4.69) is 5.32 Å². The molecule has 0 radical (unpaired) electrons. The monoisotopic (exact) mass is 216 g/mol. The van der Waals surface area contributed by atoms with Crippen molar-refractivity contribution in [2.45, 2.75) is 39.7 Å². The number of aliphatic hydroxyl groups is 1. The molecule has 0 saturated heterocycles. The maximum atomic E-state index is 11.5. The van der Waals surface area contributed by atoms with E-state index in [1.807, 2.05) is 20.8 Å². The summed E-state index contributed by atoms with van der Waals surface area (Å²) >= 11 is 0. The summed E-state index contributed by atoms with van der Waals surface area (Å²) in [4.78, 5) is 11.5. The van der Waals surface area contributed by atoms with Crippen molar-refractivity contribution in [2.24, 2.45) is 17.6 Å². The number of carbonyl (C=O) groups excluding carboxylic acids is 1. The fourth-order valence-electron chi connectivity index (χ4n) is 1.34. The van der Waals surface area contributed by atoms with Gasteiger partial charge in [0.1, 0.15) is 0 Å². The highest BCUT2D eigenvalue weighted by Crippen LogP contribution is 2.03. The van der Waals surface area contributed by atoms with Crippen LogP contribution in [0.2, 0.25) is 0 Å². The van der Waals surface area contributed by atoms with Crippen LogP contribution >= 0.6 is 0 Å². The molecule has 0 rings (SSSR count). The van der Waals surface area contributed by atoms with Crippen LogP contribution in [0.4, 0.5) is 0 Å². The van der Waals surface area contributed by atoms with E-state index in [4.69, 9.17) is 10.8 Å². The molecule has 0 fully saturated rings. The van der Waals surface area contributed by atoms with Crippen LogP contribution in [0, 0.1) is 11.8 Å². The van der Waals surface area contributed by atoms with Gasteiger partial charge in [-0.2, -0.15) is 0 Å². The van der Waals surface area contributed by atoms with E-state index in [1.165, 1.54) is 0 Å². The van der Waals surface area contributed by atoms with Crippen molar-refractivity contribution in [3.63, 3.8) is 0 Å². The maximum Gasteiger partial charge on any atom is 0.236 e. The van der Waals surface area contributed by atoms with Gasteiger partial charge in [0.25, 0.3) is 0 Å². The minimum Gasteiger partial charge on any atom is -0.396 e. The Labute approximate surface area is 92.2 Å². The molecule has 0 bridgehead atoms. The molecule has 0 spiro atoms. The molecule has 4 heteroatoms. The highest BCUT2D eigenvalue weighted by Gasteiger charge is 2.15. The van der Waals surface area contributed by atoms with Crippen LogP contribution < -0.4 is 11.1 Å². The van der Waals surface area contributed by atoms with Gasteiger partial charge in [-0.1, -0.05) is 20.8 Å². The van der Waals surface area contributed by atoms with Gasteiger partial charge in [-0.25, -0.2) is 0 Å². The Morgan fingerprint density at radius 2 is 2.00 bits per heavy atom. The quantitative estimate of drug-likeness (QED) is 0.580. The van der Waals surface area contributed by atoms with E-state index < -0.39 is 6.04 Å². The first-order chi connectivity index (χ1) is 6.97. The molecule has 0 aromatic rings. The smallest absolute Gasteiger partial charge is 0.236 e. The molecule has 2 atom stereocenters. The van der Waals surface area contributed by atoms with Gasteiger partial charge in [0.15, 0.2) is 0 Å². The number of nitrogens with one attached hydrogen (secondary N) is 1. The van der Waals surface area contributed by atoms with Gasteiger partial charge in [0, 0.05) is 13.2 Å². The van der Waals surface area contributed by atoms with E-state index in [1.54, 1.807) is 0 Å². The van der Waals surface area contributed by atoms with Crippen molar-refractivity contribution >= 4 is 5.91 Å². The summed E-state index contributed by atoms with van der Waals surface area (Å²) in [6.45, 7) is 6.83. The molecule has 0 aliphatic carbocycles. The predicted octanol–water partition coefficient (Wildman–Crippen LogP) is 0.495. The summed E-state index contributed by atoms with van der Waals surface area (Å²) in [6.07, 6.45) is 1.42. The third-order valence-corrected chi connectivity index (χ3v) is 2.31. The van der Waals surface area contributed by atoms with Crippen LogP contribution in [0.15, 0.2) is 0 Å². The Hall–Kier alpha value is -0.610. The first-order valence-corrected chi connectivity index (χ1v) is 5.61. The summed E-state index contributed by atoms with van der Waals surface area (Å²) in [5.41, 5.74) is 5.72. The van der Waals surface area contributed by atoms with Gasteiger partial charge in [-0.15, -0.1) is 0 Å². The van der Waals surface area contributed by atoms with Gasteiger partial charge < -0.3 is 16.2 Å². The molecule has 1 unspecified atom stereocenters. The topological polar surface area (TPSA) is 75.4 Å². The minimum absolute atomic E-state index is 0.0894. The number of rotatable bonds is 7. The maximum absolute atomic E-state index is 11.5. The zero-order chi connectivity index (χ0) is 11.8. The van der Waals surface area contributed by atoms with Crippen molar-refractivity contribution in [3.05, 3.63) is 0 Å². The molecule has 90 valence electrons. The SMILES string of the molecule is CC(C)C[C@@H](N)C(=O)NCC(C)CCO. The first kappa shape index (κ1) is 14.4. The first-order valence-electron chi connectivity index (χ1n) is 5.61. The molecule has 0 aromatic carbocycles. The van der Waals surface area contributed by atoms with Crippen molar-refractivity contribution < 1.29 is 9.90 Å². The summed E-state index contributed by atoms with van der Waals surface area (Å²) in [6, 6.07) is -0.411. The molecule has 15 heavy (non-hydrogen) atoms. The predicted molar refractivity (Wildman–Crippen MR) is 61.3 cm³/mol. The van der Waals surface area contributed by atoms with E-state index in [0.717, 1.165) is 0 Å². The highest BCUT2D eigenvalue weighted by atomic mass is 16.3. The second-order valence-corrected chi connectivity index (χ2v) is 4.60. The molecule has 0 saturated carbocycles. The van der Waals surface area contributed by atoms with Gasteiger partial charge >= 0.3 is 0 Å². The van der Waals surface area contributed by atoms with Gasteiger partial charge in [0.2, 0.25) is 5.91 Å². The average Bonchev–Trinajstić information content (AvgIpc) is 2.13. The van der Waals surface area contributed by atoms with Crippen LogP contribution in [-0.4, -0.2) is 30.2 Å². The lowest BCUT2D eigenvalue weighted by Crippen LogP contribution is -2.42. The number of aliphatic hydroxyl groups excluding tert-OH is 1. The molecule has 0 aromatic heterocycles. The summed E-state index contributed by atoms with van der Waals surface area (Å²) in [5, 5.41) is 11.5. The molecule has 1 amide bonds. The van der Waals surface area contributed by atoms with Crippen LogP contribution in [0.25, 0.3) is 0 Å². The zero-order valence-corrected chi connectivity index (χ0v) is 9.99.